The Bertz CT molecular complexity index is 567. The van der Waals surface area contributed by atoms with Crippen LogP contribution in [0.15, 0.2) is 42.6 Å². The predicted molar refractivity (Wildman–Crippen MR) is 71.5 cm³/mol. The highest BCUT2D eigenvalue weighted by Gasteiger charge is 2.11. The van der Waals surface area contributed by atoms with E-state index in [1.807, 2.05) is 0 Å². The fourth-order valence-corrected chi connectivity index (χ4v) is 1.84. The summed E-state index contributed by atoms with van der Waals surface area (Å²) in [6, 6.07) is 10.5. The highest BCUT2D eigenvalue weighted by atomic mass is 16.5. The number of aromatic nitrogens is 1. The molecule has 0 fully saturated rings. The third-order valence-electron chi connectivity index (χ3n) is 2.87. The minimum Gasteiger partial charge on any atom is -0.504 e. The number of aryl methyl sites for hydroxylation is 1. The first kappa shape index (κ1) is 13.1. The number of pyridine rings is 1. The van der Waals surface area contributed by atoms with Crippen molar-refractivity contribution in [3.8, 4) is 11.5 Å². The summed E-state index contributed by atoms with van der Waals surface area (Å²) in [5.74, 6) is 0.476. The van der Waals surface area contributed by atoms with Gasteiger partial charge in [0.25, 0.3) is 0 Å². The van der Waals surface area contributed by atoms with E-state index in [9.17, 15) is 9.90 Å². The number of para-hydroxylation sites is 1. The van der Waals surface area contributed by atoms with Crippen LogP contribution in [0.3, 0.4) is 0 Å². The minimum absolute atomic E-state index is 0.0391. The van der Waals surface area contributed by atoms with E-state index in [4.69, 9.17) is 4.74 Å². The van der Waals surface area contributed by atoms with Crippen molar-refractivity contribution in [1.29, 1.82) is 0 Å². The van der Waals surface area contributed by atoms with Gasteiger partial charge in [-0.15, -0.1) is 0 Å². The van der Waals surface area contributed by atoms with Gasteiger partial charge in [0.05, 0.1) is 7.11 Å². The van der Waals surface area contributed by atoms with Gasteiger partial charge in [-0.25, -0.2) is 0 Å². The van der Waals surface area contributed by atoms with Gasteiger partial charge in [0.15, 0.2) is 17.3 Å². The van der Waals surface area contributed by atoms with Crippen LogP contribution in [-0.2, 0) is 6.42 Å². The molecule has 1 heterocycles. The zero-order valence-electron chi connectivity index (χ0n) is 10.7. The summed E-state index contributed by atoms with van der Waals surface area (Å²) in [5, 5.41) is 9.92. The Morgan fingerprint density at radius 3 is 2.79 bits per heavy atom. The van der Waals surface area contributed by atoms with Gasteiger partial charge in [0, 0.05) is 12.6 Å². The van der Waals surface area contributed by atoms with Crippen LogP contribution >= 0.6 is 0 Å². The van der Waals surface area contributed by atoms with Gasteiger partial charge in [0.1, 0.15) is 5.69 Å². The average molecular weight is 257 g/mol. The second-order valence-electron chi connectivity index (χ2n) is 4.11. The van der Waals surface area contributed by atoms with Crippen molar-refractivity contribution in [2.75, 3.05) is 7.11 Å². The lowest BCUT2D eigenvalue weighted by atomic mass is 10.0. The normalized spacial score (nSPS) is 10.2. The lowest BCUT2D eigenvalue weighted by Gasteiger charge is -2.08. The van der Waals surface area contributed by atoms with Crippen LogP contribution in [-0.4, -0.2) is 23.0 Å². The number of methoxy groups -OCH3 is 1. The van der Waals surface area contributed by atoms with Gasteiger partial charge in [0.2, 0.25) is 0 Å². The van der Waals surface area contributed by atoms with Gasteiger partial charge in [-0.1, -0.05) is 18.2 Å². The summed E-state index contributed by atoms with van der Waals surface area (Å²) in [6.45, 7) is 0. The Balaban J connectivity index is 2.05. The Labute approximate surface area is 111 Å². The van der Waals surface area contributed by atoms with Gasteiger partial charge in [-0.3, -0.25) is 9.78 Å². The highest BCUT2D eigenvalue weighted by molar-refractivity contribution is 5.94. The molecule has 2 aromatic rings. The van der Waals surface area contributed by atoms with Crippen LogP contribution in [0.25, 0.3) is 0 Å². The first-order valence-corrected chi connectivity index (χ1v) is 6.01. The number of carbonyl (C=O) groups excluding carboxylic acids is 1. The summed E-state index contributed by atoms with van der Waals surface area (Å²) in [7, 11) is 1.50. The van der Waals surface area contributed by atoms with Gasteiger partial charge in [-0.05, 0) is 30.2 Å². The van der Waals surface area contributed by atoms with Gasteiger partial charge in [-0.2, -0.15) is 0 Å². The number of hydrogen-bond donors (Lipinski definition) is 1. The molecule has 1 aromatic carbocycles. The van der Waals surface area contributed by atoms with E-state index in [-0.39, 0.29) is 11.5 Å². The molecular weight excluding hydrogens is 242 g/mol. The third kappa shape index (κ3) is 3.10. The van der Waals surface area contributed by atoms with Crippen molar-refractivity contribution in [1.82, 2.24) is 4.98 Å². The Hall–Kier alpha value is -2.36. The number of ether oxygens (including phenoxy) is 1. The minimum atomic E-state index is -0.0391. The molecule has 98 valence electrons. The number of phenolic OH excluding ortho intramolecular Hbond substituents is 1. The maximum Gasteiger partial charge on any atom is 0.181 e. The molecule has 1 aromatic heterocycles. The number of Topliss-reactive ketones (excluding diaryl/α,β-unsaturated/α-hetero) is 1. The van der Waals surface area contributed by atoms with Crippen LogP contribution in [0.2, 0.25) is 0 Å². The molecule has 1 N–H and O–H groups in total. The van der Waals surface area contributed by atoms with Crippen LogP contribution in [0.4, 0.5) is 0 Å². The molecule has 0 aliphatic rings. The molecule has 0 radical (unpaired) electrons. The zero-order valence-corrected chi connectivity index (χ0v) is 10.7. The fourth-order valence-electron chi connectivity index (χ4n) is 1.84. The molecule has 0 aliphatic heterocycles. The maximum atomic E-state index is 11.9. The van der Waals surface area contributed by atoms with Crippen LogP contribution in [0, 0.1) is 0 Å². The van der Waals surface area contributed by atoms with E-state index in [1.165, 1.54) is 7.11 Å². The first-order chi connectivity index (χ1) is 9.22. The van der Waals surface area contributed by atoms with E-state index in [1.54, 1.807) is 42.6 Å². The average Bonchev–Trinajstić information content (AvgIpc) is 2.47. The van der Waals surface area contributed by atoms with Crippen molar-refractivity contribution in [3.05, 3.63) is 53.9 Å². The summed E-state index contributed by atoms with van der Waals surface area (Å²) in [6.07, 6.45) is 2.35. The summed E-state index contributed by atoms with van der Waals surface area (Å²) < 4.78 is 5.03. The fraction of sp³-hybridized carbons (Fsp3) is 0.200. The number of carbonyl (C=O) groups is 1. The van der Waals surface area contributed by atoms with Crippen molar-refractivity contribution >= 4 is 5.78 Å². The molecule has 0 unspecified atom stereocenters. The second kappa shape index (κ2) is 6.00. The Kier molecular flexibility index (Phi) is 4.13. The molecule has 2 rings (SSSR count). The smallest absolute Gasteiger partial charge is 0.181 e. The highest BCUT2D eigenvalue weighted by Crippen LogP contribution is 2.30. The number of nitrogens with zero attached hydrogens (tertiary/aromatic N) is 1. The number of hydrogen-bond acceptors (Lipinski definition) is 4. The molecule has 0 bridgehead atoms. The second-order valence-corrected chi connectivity index (χ2v) is 4.11. The van der Waals surface area contributed by atoms with Gasteiger partial charge >= 0.3 is 0 Å². The van der Waals surface area contributed by atoms with E-state index < -0.39 is 0 Å². The SMILES string of the molecule is COc1cccc(CCC(=O)c2ccccn2)c1O. The molecule has 19 heavy (non-hydrogen) atoms. The molecule has 0 amide bonds. The van der Waals surface area contributed by atoms with Crippen LogP contribution in [0.5, 0.6) is 11.5 Å². The number of ketones is 1. The van der Waals surface area contributed by atoms with Crippen LogP contribution < -0.4 is 4.74 Å². The van der Waals surface area contributed by atoms with Crippen molar-refractivity contribution < 1.29 is 14.6 Å². The Morgan fingerprint density at radius 1 is 1.26 bits per heavy atom. The topological polar surface area (TPSA) is 59.4 Å². The Morgan fingerprint density at radius 2 is 2.11 bits per heavy atom. The molecule has 4 nitrogen and oxygen atoms in total. The zero-order chi connectivity index (χ0) is 13.7. The summed E-state index contributed by atoms with van der Waals surface area (Å²) in [5.41, 5.74) is 1.15. The first-order valence-electron chi connectivity index (χ1n) is 6.01. The van der Waals surface area contributed by atoms with E-state index in [2.05, 4.69) is 4.98 Å². The standard InChI is InChI=1S/C15H15NO3/c1-19-14-7-4-5-11(15(14)18)8-9-13(17)12-6-2-3-10-16-12/h2-7,10,18H,8-9H2,1H3. The van der Waals surface area contributed by atoms with E-state index >= 15 is 0 Å². The molecule has 0 aliphatic carbocycles. The number of rotatable bonds is 5. The third-order valence-corrected chi connectivity index (χ3v) is 2.87. The number of phenols is 1. The largest absolute Gasteiger partial charge is 0.504 e. The van der Waals surface area contributed by atoms with Crippen LogP contribution in [0.1, 0.15) is 22.5 Å². The molecular formula is C15H15NO3. The number of aromatic hydroxyl groups is 1. The molecule has 0 saturated heterocycles. The van der Waals surface area contributed by atoms with Crippen molar-refractivity contribution in [2.24, 2.45) is 0 Å². The van der Waals surface area contributed by atoms with Crippen molar-refractivity contribution in [3.63, 3.8) is 0 Å². The number of benzene rings is 1. The molecule has 4 heteroatoms. The maximum absolute atomic E-state index is 11.9. The van der Waals surface area contributed by atoms with Gasteiger partial charge < -0.3 is 9.84 Å². The summed E-state index contributed by atoms with van der Waals surface area (Å²) in [4.78, 5) is 15.9. The molecule has 0 saturated carbocycles. The lowest BCUT2D eigenvalue weighted by Crippen LogP contribution is -2.03. The monoisotopic (exact) mass is 257 g/mol. The molecule has 0 spiro atoms. The molecule has 0 atom stereocenters. The summed E-state index contributed by atoms with van der Waals surface area (Å²) >= 11 is 0. The predicted octanol–water partition coefficient (Wildman–Crippen LogP) is 2.61. The van der Waals surface area contributed by atoms with E-state index in [0.29, 0.717) is 29.8 Å². The van der Waals surface area contributed by atoms with Crippen molar-refractivity contribution in [2.45, 2.75) is 12.8 Å². The quantitative estimate of drug-likeness (QED) is 0.836. The lowest BCUT2D eigenvalue weighted by molar-refractivity contribution is 0.0978. The van der Waals surface area contributed by atoms with E-state index in [0.717, 1.165) is 0 Å².